The summed E-state index contributed by atoms with van der Waals surface area (Å²) in [6.07, 6.45) is 3.83. The van der Waals surface area contributed by atoms with Crippen molar-refractivity contribution in [2.45, 2.75) is 19.3 Å². The van der Waals surface area contributed by atoms with Crippen molar-refractivity contribution in [3.8, 4) is 0 Å². The number of hydrogen-bond donors (Lipinski definition) is 0. The van der Waals surface area contributed by atoms with E-state index in [1.54, 1.807) is 0 Å². The fourth-order valence-corrected chi connectivity index (χ4v) is 2.03. The van der Waals surface area contributed by atoms with Crippen LogP contribution in [0.2, 0.25) is 0 Å². The molecule has 0 saturated carbocycles. The van der Waals surface area contributed by atoms with Crippen molar-refractivity contribution in [2.75, 3.05) is 19.6 Å². The SMILES string of the molecule is [C-]#[N+]c1ccc(CCN2CCCC2)cc1. The average molecular weight is 200 g/mol. The topological polar surface area (TPSA) is 7.60 Å². The molecule has 2 nitrogen and oxygen atoms in total. The number of nitrogens with zero attached hydrogens (tertiary/aromatic N) is 2. The van der Waals surface area contributed by atoms with Crippen molar-refractivity contribution in [3.63, 3.8) is 0 Å². The Hall–Kier alpha value is -1.33. The highest BCUT2D eigenvalue weighted by molar-refractivity contribution is 5.45. The van der Waals surface area contributed by atoms with Gasteiger partial charge in [0.15, 0.2) is 5.69 Å². The molecule has 1 aromatic carbocycles. The molecule has 0 aliphatic carbocycles. The second-order valence-electron chi connectivity index (χ2n) is 4.08. The van der Waals surface area contributed by atoms with Crippen LogP contribution in [0, 0.1) is 6.57 Å². The zero-order valence-electron chi connectivity index (χ0n) is 8.95. The third-order valence-electron chi connectivity index (χ3n) is 2.98. The Labute approximate surface area is 91.3 Å². The van der Waals surface area contributed by atoms with Gasteiger partial charge in [-0.05, 0) is 37.9 Å². The molecule has 0 aromatic heterocycles. The van der Waals surface area contributed by atoms with E-state index >= 15 is 0 Å². The third-order valence-corrected chi connectivity index (χ3v) is 2.98. The Balaban J connectivity index is 1.85. The molecule has 78 valence electrons. The highest BCUT2D eigenvalue weighted by atomic mass is 15.1. The molecule has 1 aliphatic heterocycles. The summed E-state index contributed by atoms with van der Waals surface area (Å²) in [5.41, 5.74) is 2.08. The third kappa shape index (κ3) is 2.81. The minimum absolute atomic E-state index is 0.736. The van der Waals surface area contributed by atoms with Crippen LogP contribution in [-0.4, -0.2) is 24.5 Å². The summed E-state index contributed by atoms with van der Waals surface area (Å²) in [5, 5.41) is 0. The van der Waals surface area contributed by atoms with Crippen molar-refractivity contribution >= 4 is 5.69 Å². The number of likely N-dealkylation sites (tertiary alicyclic amines) is 1. The normalized spacial score (nSPS) is 16.5. The van der Waals surface area contributed by atoms with Crippen molar-refractivity contribution < 1.29 is 0 Å². The fourth-order valence-electron chi connectivity index (χ4n) is 2.03. The molecule has 0 bridgehead atoms. The van der Waals surface area contributed by atoms with Gasteiger partial charge in [0.2, 0.25) is 0 Å². The van der Waals surface area contributed by atoms with Gasteiger partial charge in [-0.2, -0.15) is 0 Å². The largest absolute Gasteiger partial charge is 0.303 e. The molecule has 0 radical (unpaired) electrons. The molecule has 1 saturated heterocycles. The molecule has 1 heterocycles. The lowest BCUT2D eigenvalue weighted by molar-refractivity contribution is 0.343. The molecule has 1 aromatic rings. The van der Waals surface area contributed by atoms with Crippen LogP contribution in [0.1, 0.15) is 18.4 Å². The van der Waals surface area contributed by atoms with Crippen LogP contribution in [0.4, 0.5) is 5.69 Å². The van der Waals surface area contributed by atoms with Crippen molar-refractivity contribution in [2.24, 2.45) is 0 Å². The van der Waals surface area contributed by atoms with E-state index in [1.807, 2.05) is 12.1 Å². The summed E-state index contributed by atoms with van der Waals surface area (Å²) >= 11 is 0. The van der Waals surface area contributed by atoms with Gasteiger partial charge in [0.05, 0.1) is 6.57 Å². The van der Waals surface area contributed by atoms with E-state index in [1.165, 1.54) is 31.5 Å². The van der Waals surface area contributed by atoms with Crippen molar-refractivity contribution in [3.05, 3.63) is 41.2 Å². The fraction of sp³-hybridized carbons (Fsp3) is 0.462. The van der Waals surface area contributed by atoms with Gasteiger partial charge >= 0.3 is 0 Å². The second kappa shape index (κ2) is 4.95. The first-order chi connectivity index (χ1) is 7.38. The van der Waals surface area contributed by atoms with E-state index in [0.717, 1.165) is 18.7 Å². The quantitative estimate of drug-likeness (QED) is 0.681. The molecular formula is C13H16N2. The molecule has 2 heteroatoms. The van der Waals surface area contributed by atoms with Crippen LogP contribution >= 0.6 is 0 Å². The van der Waals surface area contributed by atoms with Crippen LogP contribution in [-0.2, 0) is 6.42 Å². The number of benzene rings is 1. The Morgan fingerprint density at radius 3 is 2.40 bits per heavy atom. The van der Waals surface area contributed by atoms with Crippen LogP contribution in [0.5, 0.6) is 0 Å². The van der Waals surface area contributed by atoms with Gasteiger partial charge in [-0.3, -0.25) is 0 Å². The summed E-state index contributed by atoms with van der Waals surface area (Å²) in [6, 6.07) is 7.96. The minimum atomic E-state index is 0.736. The molecule has 1 aliphatic rings. The van der Waals surface area contributed by atoms with E-state index in [9.17, 15) is 0 Å². The van der Waals surface area contributed by atoms with Crippen LogP contribution in [0.15, 0.2) is 24.3 Å². The van der Waals surface area contributed by atoms with Gasteiger partial charge in [0, 0.05) is 6.54 Å². The Kier molecular flexibility index (Phi) is 3.37. The maximum Gasteiger partial charge on any atom is 0.187 e. The van der Waals surface area contributed by atoms with E-state index in [0.29, 0.717) is 0 Å². The Bertz CT molecular complexity index is 342. The zero-order valence-corrected chi connectivity index (χ0v) is 8.95. The first-order valence-electron chi connectivity index (χ1n) is 5.57. The molecule has 0 unspecified atom stereocenters. The minimum Gasteiger partial charge on any atom is -0.303 e. The van der Waals surface area contributed by atoms with E-state index < -0.39 is 0 Å². The summed E-state index contributed by atoms with van der Waals surface area (Å²) in [4.78, 5) is 5.91. The van der Waals surface area contributed by atoms with Crippen LogP contribution in [0.25, 0.3) is 4.85 Å². The standard InChI is InChI=1S/C13H16N2/c1-14-13-6-4-12(5-7-13)8-11-15-9-2-3-10-15/h4-7H,2-3,8-11H2. The van der Waals surface area contributed by atoms with Gasteiger partial charge in [0.25, 0.3) is 0 Å². The monoisotopic (exact) mass is 200 g/mol. The van der Waals surface area contributed by atoms with E-state index in [4.69, 9.17) is 6.57 Å². The highest BCUT2D eigenvalue weighted by Crippen LogP contribution is 2.14. The smallest absolute Gasteiger partial charge is 0.187 e. The lowest BCUT2D eigenvalue weighted by Crippen LogP contribution is -2.21. The second-order valence-corrected chi connectivity index (χ2v) is 4.08. The molecule has 15 heavy (non-hydrogen) atoms. The van der Waals surface area contributed by atoms with Gasteiger partial charge < -0.3 is 4.90 Å². The van der Waals surface area contributed by atoms with Gasteiger partial charge in [-0.15, -0.1) is 0 Å². The maximum atomic E-state index is 6.87. The lowest BCUT2D eigenvalue weighted by Gasteiger charge is -2.13. The predicted molar refractivity (Wildman–Crippen MR) is 62.1 cm³/mol. The van der Waals surface area contributed by atoms with Crippen molar-refractivity contribution in [1.29, 1.82) is 0 Å². The van der Waals surface area contributed by atoms with E-state index in [-0.39, 0.29) is 0 Å². The zero-order chi connectivity index (χ0) is 10.5. The molecule has 2 rings (SSSR count). The average Bonchev–Trinajstić information content (AvgIpc) is 2.80. The molecule has 0 atom stereocenters. The van der Waals surface area contributed by atoms with Gasteiger partial charge in [-0.25, -0.2) is 4.85 Å². The van der Waals surface area contributed by atoms with Crippen LogP contribution in [0.3, 0.4) is 0 Å². The molecule has 0 N–H and O–H groups in total. The number of hydrogen-bond acceptors (Lipinski definition) is 1. The lowest BCUT2D eigenvalue weighted by atomic mass is 10.1. The predicted octanol–water partition coefficient (Wildman–Crippen LogP) is 2.88. The summed E-state index contributed by atoms with van der Waals surface area (Å²) in [5.74, 6) is 0. The Morgan fingerprint density at radius 1 is 1.13 bits per heavy atom. The first-order valence-corrected chi connectivity index (χ1v) is 5.57. The molecular weight excluding hydrogens is 184 g/mol. The summed E-state index contributed by atoms with van der Waals surface area (Å²) in [6.45, 7) is 10.6. The van der Waals surface area contributed by atoms with Gasteiger partial charge in [-0.1, -0.05) is 24.3 Å². The molecule has 0 amide bonds. The van der Waals surface area contributed by atoms with Gasteiger partial charge in [0.1, 0.15) is 0 Å². The van der Waals surface area contributed by atoms with E-state index in [2.05, 4.69) is 21.9 Å². The number of rotatable bonds is 3. The molecule has 1 fully saturated rings. The Morgan fingerprint density at radius 2 is 1.80 bits per heavy atom. The summed E-state index contributed by atoms with van der Waals surface area (Å²) in [7, 11) is 0. The van der Waals surface area contributed by atoms with Crippen LogP contribution < -0.4 is 0 Å². The van der Waals surface area contributed by atoms with Crippen molar-refractivity contribution in [1.82, 2.24) is 4.90 Å². The summed E-state index contributed by atoms with van der Waals surface area (Å²) < 4.78 is 0. The highest BCUT2D eigenvalue weighted by Gasteiger charge is 2.10. The maximum absolute atomic E-state index is 6.87. The first kappa shape index (κ1) is 10.2. The molecule has 0 spiro atoms.